The third kappa shape index (κ3) is 5.64. The predicted octanol–water partition coefficient (Wildman–Crippen LogP) is 2.15. The summed E-state index contributed by atoms with van der Waals surface area (Å²) in [4.78, 5) is 43.1. The van der Waals surface area contributed by atoms with Gasteiger partial charge < -0.3 is 20.0 Å². The van der Waals surface area contributed by atoms with Crippen LogP contribution in [-0.2, 0) is 16.0 Å². The SMILES string of the molecule is CC(=O)N1CCc2cc(C(=O)N3CCC(C(=O)NCC(C)(C)CN(C)C)CC3)ccc21. The third-order valence-corrected chi connectivity index (χ3v) is 6.24. The monoisotopic (exact) mass is 428 g/mol. The first kappa shape index (κ1) is 23.3. The molecule has 170 valence electrons. The van der Waals surface area contributed by atoms with Gasteiger partial charge in [-0.25, -0.2) is 0 Å². The number of likely N-dealkylation sites (tertiary alicyclic amines) is 1. The van der Waals surface area contributed by atoms with Crippen molar-refractivity contribution in [3.63, 3.8) is 0 Å². The Morgan fingerprint density at radius 1 is 1.13 bits per heavy atom. The molecule has 0 aliphatic carbocycles. The molecule has 1 saturated heterocycles. The standard InChI is InChI=1S/C24H36N4O3/c1-17(29)28-13-10-19-14-20(6-7-21(19)28)23(31)27-11-8-18(9-12-27)22(30)25-15-24(2,3)16-26(4)5/h6-7,14,18H,8-13,15-16H2,1-5H3,(H,25,30). The van der Waals surface area contributed by atoms with Crippen molar-refractivity contribution in [2.75, 3.05) is 51.7 Å². The molecule has 1 N–H and O–H groups in total. The highest BCUT2D eigenvalue weighted by Crippen LogP contribution is 2.30. The number of anilines is 1. The maximum Gasteiger partial charge on any atom is 0.253 e. The summed E-state index contributed by atoms with van der Waals surface area (Å²) in [5.74, 6) is 0.0995. The van der Waals surface area contributed by atoms with Gasteiger partial charge in [-0.15, -0.1) is 0 Å². The summed E-state index contributed by atoms with van der Waals surface area (Å²) < 4.78 is 0. The number of nitrogens with one attached hydrogen (secondary N) is 1. The van der Waals surface area contributed by atoms with Gasteiger partial charge >= 0.3 is 0 Å². The fraction of sp³-hybridized carbons (Fsp3) is 0.625. The normalized spacial score (nSPS) is 17.1. The molecule has 0 aromatic heterocycles. The van der Waals surface area contributed by atoms with Gasteiger partial charge in [-0.3, -0.25) is 14.4 Å². The summed E-state index contributed by atoms with van der Waals surface area (Å²) in [6.07, 6.45) is 2.16. The van der Waals surface area contributed by atoms with E-state index in [1.807, 2.05) is 37.2 Å². The molecular formula is C24H36N4O3. The minimum Gasteiger partial charge on any atom is -0.355 e. The minimum absolute atomic E-state index is 0.00931. The molecule has 7 nitrogen and oxygen atoms in total. The first-order valence-electron chi connectivity index (χ1n) is 11.2. The van der Waals surface area contributed by atoms with Crippen LogP contribution in [0, 0.1) is 11.3 Å². The second-order valence-corrected chi connectivity index (χ2v) is 9.95. The lowest BCUT2D eigenvalue weighted by Crippen LogP contribution is -2.46. The van der Waals surface area contributed by atoms with Gasteiger partial charge in [-0.1, -0.05) is 13.8 Å². The first-order chi connectivity index (χ1) is 14.6. The van der Waals surface area contributed by atoms with Crippen molar-refractivity contribution in [2.24, 2.45) is 11.3 Å². The van der Waals surface area contributed by atoms with Gasteiger partial charge in [0.1, 0.15) is 0 Å². The molecule has 0 bridgehead atoms. The molecule has 0 unspecified atom stereocenters. The summed E-state index contributed by atoms with van der Waals surface area (Å²) in [6, 6.07) is 5.62. The number of amides is 3. The smallest absolute Gasteiger partial charge is 0.253 e. The average molecular weight is 429 g/mol. The highest BCUT2D eigenvalue weighted by molar-refractivity contribution is 5.98. The van der Waals surface area contributed by atoms with Crippen LogP contribution < -0.4 is 10.2 Å². The predicted molar refractivity (Wildman–Crippen MR) is 122 cm³/mol. The van der Waals surface area contributed by atoms with Gasteiger partial charge in [0, 0.05) is 56.8 Å². The Hall–Kier alpha value is -2.41. The molecule has 2 aliphatic rings. The van der Waals surface area contributed by atoms with Gasteiger partial charge in [-0.05, 0) is 62.5 Å². The lowest BCUT2D eigenvalue weighted by atomic mass is 9.91. The van der Waals surface area contributed by atoms with E-state index in [2.05, 4.69) is 24.1 Å². The maximum atomic E-state index is 13.0. The summed E-state index contributed by atoms with van der Waals surface area (Å²) in [7, 11) is 4.08. The Morgan fingerprint density at radius 3 is 2.42 bits per heavy atom. The van der Waals surface area contributed by atoms with Crippen molar-refractivity contribution >= 4 is 23.4 Å². The number of rotatable bonds is 6. The minimum atomic E-state index is -0.0386. The van der Waals surface area contributed by atoms with Gasteiger partial charge in [0.05, 0.1) is 0 Å². The van der Waals surface area contributed by atoms with Crippen LogP contribution in [0.5, 0.6) is 0 Å². The Bertz CT molecular complexity index is 841. The second-order valence-electron chi connectivity index (χ2n) is 9.95. The van der Waals surface area contributed by atoms with E-state index < -0.39 is 0 Å². The largest absolute Gasteiger partial charge is 0.355 e. The topological polar surface area (TPSA) is 73.0 Å². The quantitative estimate of drug-likeness (QED) is 0.754. The molecule has 7 heteroatoms. The number of fused-ring (bicyclic) bond motifs is 1. The van der Waals surface area contributed by atoms with E-state index in [9.17, 15) is 14.4 Å². The van der Waals surface area contributed by atoms with Crippen LogP contribution in [0.25, 0.3) is 0 Å². The third-order valence-electron chi connectivity index (χ3n) is 6.24. The first-order valence-corrected chi connectivity index (χ1v) is 11.2. The fourth-order valence-electron chi connectivity index (χ4n) is 4.77. The zero-order valence-corrected chi connectivity index (χ0v) is 19.5. The van der Waals surface area contributed by atoms with E-state index in [0.717, 1.165) is 24.2 Å². The molecule has 2 aliphatic heterocycles. The molecule has 0 radical (unpaired) electrons. The molecule has 0 atom stereocenters. The molecule has 1 aromatic carbocycles. The molecule has 1 fully saturated rings. The van der Waals surface area contributed by atoms with Crippen molar-refractivity contribution < 1.29 is 14.4 Å². The summed E-state index contributed by atoms with van der Waals surface area (Å²) in [5, 5.41) is 3.11. The molecule has 0 saturated carbocycles. The molecule has 3 amide bonds. The van der Waals surface area contributed by atoms with Crippen LogP contribution in [0.4, 0.5) is 5.69 Å². The zero-order chi connectivity index (χ0) is 22.8. The van der Waals surface area contributed by atoms with Crippen LogP contribution in [0.3, 0.4) is 0 Å². The van der Waals surface area contributed by atoms with Crippen LogP contribution in [-0.4, -0.2) is 74.3 Å². The second kappa shape index (κ2) is 9.39. The Morgan fingerprint density at radius 2 is 1.81 bits per heavy atom. The van der Waals surface area contributed by atoms with Gasteiger partial charge in [0.25, 0.3) is 5.91 Å². The fourth-order valence-corrected chi connectivity index (χ4v) is 4.77. The van der Waals surface area contributed by atoms with E-state index in [1.54, 1.807) is 11.8 Å². The molecule has 0 spiro atoms. The highest BCUT2D eigenvalue weighted by atomic mass is 16.2. The number of benzene rings is 1. The molecule has 3 rings (SSSR count). The molecule has 31 heavy (non-hydrogen) atoms. The zero-order valence-electron chi connectivity index (χ0n) is 19.5. The van der Waals surface area contributed by atoms with Crippen LogP contribution >= 0.6 is 0 Å². The Kier molecular flexibility index (Phi) is 7.04. The Balaban J connectivity index is 1.52. The van der Waals surface area contributed by atoms with E-state index >= 15 is 0 Å². The van der Waals surface area contributed by atoms with Crippen molar-refractivity contribution in [2.45, 2.75) is 40.0 Å². The number of nitrogens with zero attached hydrogens (tertiary/aromatic N) is 3. The number of hydrogen-bond donors (Lipinski definition) is 1. The van der Waals surface area contributed by atoms with Crippen LogP contribution in [0.15, 0.2) is 18.2 Å². The lowest BCUT2D eigenvalue weighted by molar-refractivity contribution is -0.126. The van der Waals surface area contributed by atoms with E-state index in [0.29, 0.717) is 44.6 Å². The van der Waals surface area contributed by atoms with Crippen LogP contribution in [0.1, 0.15) is 49.5 Å². The number of hydrogen-bond acceptors (Lipinski definition) is 4. The number of carbonyl (C=O) groups is 3. The Labute approximate surface area is 185 Å². The average Bonchev–Trinajstić information content (AvgIpc) is 3.14. The van der Waals surface area contributed by atoms with Gasteiger partial charge in [0.15, 0.2) is 0 Å². The van der Waals surface area contributed by atoms with E-state index in [1.165, 1.54) is 0 Å². The maximum absolute atomic E-state index is 13.0. The van der Waals surface area contributed by atoms with E-state index in [-0.39, 0.29) is 29.1 Å². The summed E-state index contributed by atoms with van der Waals surface area (Å²) >= 11 is 0. The summed E-state index contributed by atoms with van der Waals surface area (Å²) in [6.45, 7) is 9.29. The molecule has 2 heterocycles. The highest BCUT2D eigenvalue weighted by Gasteiger charge is 2.30. The van der Waals surface area contributed by atoms with Crippen molar-refractivity contribution in [1.29, 1.82) is 0 Å². The van der Waals surface area contributed by atoms with E-state index in [4.69, 9.17) is 0 Å². The van der Waals surface area contributed by atoms with Crippen molar-refractivity contribution in [3.05, 3.63) is 29.3 Å². The van der Waals surface area contributed by atoms with Crippen LogP contribution in [0.2, 0.25) is 0 Å². The van der Waals surface area contributed by atoms with Gasteiger partial charge in [0.2, 0.25) is 11.8 Å². The summed E-state index contributed by atoms with van der Waals surface area (Å²) in [5.41, 5.74) is 2.64. The van der Waals surface area contributed by atoms with Gasteiger partial charge in [-0.2, -0.15) is 0 Å². The number of carbonyl (C=O) groups excluding carboxylic acids is 3. The van der Waals surface area contributed by atoms with Crippen molar-refractivity contribution in [3.8, 4) is 0 Å². The molecule has 1 aromatic rings. The molecular weight excluding hydrogens is 392 g/mol. The number of piperidine rings is 1. The van der Waals surface area contributed by atoms with Crippen molar-refractivity contribution in [1.82, 2.24) is 15.1 Å². The lowest BCUT2D eigenvalue weighted by Gasteiger charge is -2.33.